The van der Waals surface area contributed by atoms with Gasteiger partial charge in [-0.05, 0) is 54.6 Å². The van der Waals surface area contributed by atoms with E-state index in [0.717, 1.165) is 18.4 Å². The van der Waals surface area contributed by atoms with Crippen LogP contribution in [-0.4, -0.2) is 29.4 Å². The van der Waals surface area contributed by atoms with Crippen LogP contribution in [0.2, 0.25) is 0 Å². The topological polar surface area (TPSA) is 46.7 Å². The minimum absolute atomic E-state index is 0.0322. The van der Waals surface area contributed by atoms with E-state index in [1.54, 1.807) is 6.08 Å². The van der Waals surface area contributed by atoms with Crippen molar-refractivity contribution in [2.75, 3.05) is 0 Å². The smallest absolute Gasteiger partial charge is 0.187 e. The van der Waals surface area contributed by atoms with Gasteiger partial charge in [-0.15, -0.1) is 0 Å². The van der Waals surface area contributed by atoms with Gasteiger partial charge in [0.25, 0.3) is 0 Å². The van der Waals surface area contributed by atoms with Gasteiger partial charge in [-0.3, -0.25) is 9.59 Å². The Hall–Kier alpha value is -1.29. The highest BCUT2D eigenvalue weighted by Crippen LogP contribution is 2.73. The summed E-state index contributed by atoms with van der Waals surface area (Å²) >= 11 is 0. The molecule has 5 rings (SSSR count). The third-order valence-corrected chi connectivity index (χ3v) is 8.67. The van der Waals surface area contributed by atoms with Gasteiger partial charge >= 0.3 is 0 Å². The molecule has 134 valence electrons. The minimum atomic E-state index is -1.33. The molecule has 1 spiro atoms. The first kappa shape index (κ1) is 15.9. The Morgan fingerprint density at radius 2 is 2.00 bits per heavy atom. The summed E-state index contributed by atoms with van der Waals surface area (Å²) in [7, 11) is 0. The molecule has 9 atom stereocenters. The van der Waals surface area contributed by atoms with E-state index in [4.69, 9.17) is 4.74 Å². The van der Waals surface area contributed by atoms with Crippen LogP contribution in [0.25, 0.3) is 0 Å². The molecule has 0 aromatic heterocycles. The number of epoxide rings is 1. The van der Waals surface area contributed by atoms with Crippen molar-refractivity contribution in [1.29, 1.82) is 0 Å². The van der Waals surface area contributed by atoms with Crippen LogP contribution in [0.1, 0.15) is 40.0 Å². The van der Waals surface area contributed by atoms with Crippen LogP contribution in [0.4, 0.5) is 4.39 Å². The molecule has 1 saturated heterocycles. The van der Waals surface area contributed by atoms with Gasteiger partial charge in [-0.1, -0.05) is 33.4 Å². The fraction of sp³-hybridized carbons (Fsp3) is 0.714. The molecule has 5 aliphatic rings. The standard InChI is InChI=1S/C21H25FO3/c1-10-11(2)21-18(25-21)15(23)6-8-20(21,4)12-5-7-19(3)13(16(10)12)9-14(22)17(19)24/h6,8,10,12-14,16,18H,2,5,7,9H2,1,3-4H3/t10-,12+,13+,14+,16-,18?,19+,20-,21?/m1/s1. The molecule has 0 bridgehead atoms. The van der Waals surface area contributed by atoms with Crippen molar-refractivity contribution in [2.24, 2.45) is 34.5 Å². The Kier molecular flexibility index (Phi) is 2.76. The number of halogens is 1. The first-order valence-electron chi connectivity index (χ1n) is 9.47. The number of ketones is 2. The maximum Gasteiger partial charge on any atom is 0.187 e. The summed E-state index contributed by atoms with van der Waals surface area (Å²) in [5.41, 5.74) is -0.449. The lowest BCUT2D eigenvalue weighted by molar-refractivity contribution is -0.137. The number of hydrogen-bond acceptors (Lipinski definition) is 3. The maximum atomic E-state index is 14.4. The highest BCUT2D eigenvalue weighted by atomic mass is 19.1. The van der Waals surface area contributed by atoms with Gasteiger partial charge in [-0.2, -0.15) is 0 Å². The number of hydrogen-bond donors (Lipinski definition) is 0. The molecule has 1 aliphatic heterocycles. The molecule has 0 aromatic carbocycles. The molecule has 25 heavy (non-hydrogen) atoms. The lowest BCUT2D eigenvalue weighted by atomic mass is 9.43. The van der Waals surface area contributed by atoms with Gasteiger partial charge in [0.15, 0.2) is 23.8 Å². The van der Waals surface area contributed by atoms with Gasteiger partial charge in [0.1, 0.15) is 5.60 Å². The van der Waals surface area contributed by atoms with Crippen molar-refractivity contribution >= 4 is 11.6 Å². The zero-order valence-electron chi connectivity index (χ0n) is 15.0. The van der Waals surface area contributed by atoms with E-state index in [9.17, 15) is 14.0 Å². The number of rotatable bonds is 0. The van der Waals surface area contributed by atoms with Crippen molar-refractivity contribution in [3.05, 3.63) is 24.3 Å². The van der Waals surface area contributed by atoms with E-state index in [-0.39, 0.29) is 34.7 Å². The summed E-state index contributed by atoms with van der Waals surface area (Å²) < 4.78 is 20.4. The highest BCUT2D eigenvalue weighted by Gasteiger charge is 2.78. The second-order valence-corrected chi connectivity index (χ2v) is 9.38. The summed E-state index contributed by atoms with van der Waals surface area (Å²) in [4.78, 5) is 24.7. The lowest BCUT2D eigenvalue weighted by Gasteiger charge is -2.59. The third-order valence-electron chi connectivity index (χ3n) is 8.67. The predicted molar refractivity (Wildman–Crippen MR) is 90.5 cm³/mol. The van der Waals surface area contributed by atoms with Crippen molar-refractivity contribution in [1.82, 2.24) is 0 Å². The molecule has 3 saturated carbocycles. The number of carbonyl (C=O) groups excluding carboxylic acids is 2. The van der Waals surface area contributed by atoms with E-state index >= 15 is 0 Å². The first-order chi connectivity index (χ1) is 11.7. The van der Waals surface area contributed by atoms with E-state index < -0.39 is 23.3 Å². The Morgan fingerprint density at radius 1 is 1.28 bits per heavy atom. The predicted octanol–water partition coefficient (Wildman–Crippen LogP) is 3.43. The maximum absolute atomic E-state index is 14.4. The van der Waals surface area contributed by atoms with E-state index in [2.05, 4.69) is 20.4 Å². The zero-order chi connectivity index (χ0) is 17.9. The monoisotopic (exact) mass is 344 g/mol. The Labute approximate surface area is 147 Å². The number of fused-ring (bicyclic) bond motifs is 4. The van der Waals surface area contributed by atoms with Gasteiger partial charge in [-0.25, -0.2) is 4.39 Å². The van der Waals surface area contributed by atoms with E-state index in [1.165, 1.54) is 0 Å². The van der Waals surface area contributed by atoms with Crippen molar-refractivity contribution in [3.63, 3.8) is 0 Å². The summed E-state index contributed by atoms with van der Waals surface area (Å²) in [6, 6.07) is 0. The summed E-state index contributed by atoms with van der Waals surface area (Å²) in [6.07, 6.45) is 3.92. The lowest BCUT2D eigenvalue weighted by Crippen LogP contribution is -2.60. The normalized spacial score (nSPS) is 59.1. The second kappa shape index (κ2) is 4.33. The van der Waals surface area contributed by atoms with E-state index in [0.29, 0.717) is 12.3 Å². The number of Topliss-reactive ketones (excluding diaryl/α,β-unsaturated/α-hetero) is 1. The van der Waals surface area contributed by atoms with Crippen LogP contribution in [0.5, 0.6) is 0 Å². The summed E-state index contributed by atoms with van der Waals surface area (Å²) in [5.74, 6) is 0.523. The summed E-state index contributed by atoms with van der Waals surface area (Å²) in [5, 5.41) is 0. The summed E-state index contributed by atoms with van der Waals surface area (Å²) in [6.45, 7) is 10.6. The van der Waals surface area contributed by atoms with Crippen LogP contribution in [-0.2, 0) is 14.3 Å². The molecule has 1 heterocycles. The molecule has 4 fully saturated rings. The average Bonchev–Trinajstić information content (AvgIpc) is 3.30. The largest absolute Gasteiger partial charge is 0.352 e. The second-order valence-electron chi connectivity index (χ2n) is 9.38. The highest BCUT2D eigenvalue weighted by molar-refractivity contribution is 5.99. The van der Waals surface area contributed by atoms with Gasteiger partial charge in [0, 0.05) is 10.8 Å². The Morgan fingerprint density at radius 3 is 2.72 bits per heavy atom. The van der Waals surface area contributed by atoms with Crippen LogP contribution in [0, 0.1) is 34.5 Å². The van der Waals surface area contributed by atoms with Crippen molar-refractivity contribution in [2.45, 2.75) is 57.9 Å². The quantitative estimate of drug-likeness (QED) is 0.500. The fourth-order valence-electron chi connectivity index (χ4n) is 7.19. The van der Waals surface area contributed by atoms with Crippen LogP contribution < -0.4 is 0 Å². The molecule has 0 radical (unpaired) electrons. The first-order valence-corrected chi connectivity index (χ1v) is 9.47. The zero-order valence-corrected chi connectivity index (χ0v) is 15.0. The molecule has 0 N–H and O–H groups in total. The van der Waals surface area contributed by atoms with Crippen LogP contribution >= 0.6 is 0 Å². The molecule has 0 amide bonds. The SMILES string of the molecule is C=C1[C@@H](C)[C@H]2[C@@H]3C[C@H](F)C(=O)[C@@]3(C)CC[C@@H]2[C@@]2(C)C=CC(=O)C3OC132. The average molecular weight is 344 g/mol. The number of ether oxygens (including phenoxy) is 1. The molecule has 4 aliphatic carbocycles. The molecular weight excluding hydrogens is 319 g/mol. The number of carbonyl (C=O) groups is 2. The van der Waals surface area contributed by atoms with Crippen molar-refractivity contribution < 1.29 is 18.7 Å². The Balaban J connectivity index is 1.64. The molecule has 4 heteroatoms. The van der Waals surface area contributed by atoms with Crippen LogP contribution in [0.3, 0.4) is 0 Å². The third kappa shape index (κ3) is 1.50. The molecular formula is C21H25FO3. The fourth-order valence-corrected chi connectivity index (χ4v) is 7.19. The molecule has 3 nitrogen and oxygen atoms in total. The van der Waals surface area contributed by atoms with Crippen molar-refractivity contribution in [3.8, 4) is 0 Å². The van der Waals surface area contributed by atoms with Gasteiger partial charge < -0.3 is 4.74 Å². The van der Waals surface area contributed by atoms with Gasteiger partial charge in [0.05, 0.1) is 0 Å². The molecule has 2 unspecified atom stereocenters. The minimum Gasteiger partial charge on any atom is -0.352 e. The van der Waals surface area contributed by atoms with Crippen LogP contribution in [0.15, 0.2) is 24.3 Å². The number of alkyl halides is 1. The molecule has 0 aromatic rings. The van der Waals surface area contributed by atoms with Gasteiger partial charge in [0.2, 0.25) is 0 Å². The Bertz CT molecular complexity index is 756. The van der Waals surface area contributed by atoms with E-state index in [1.807, 2.05) is 13.0 Å².